The van der Waals surface area contributed by atoms with E-state index in [4.69, 9.17) is 4.74 Å². The molecule has 2 aliphatic rings. The molecule has 1 N–H and O–H groups in total. The molecule has 128 valence electrons. The Labute approximate surface area is 141 Å². The molecule has 0 aliphatic carbocycles. The van der Waals surface area contributed by atoms with E-state index in [-0.39, 0.29) is 11.9 Å². The highest BCUT2D eigenvalue weighted by molar-refractivity contribution is 5.77. The summed E-state index contributed by atoms with van der Waals surface area (Å²) in [6.45, 7) is 5.47. The van der Waals surface area contributed by atoms with Gasteiger partial charge in [0.15, 0.2) is 0 Å². The maximum Gasteiger partial charge on any atom is 0.222 e. The van der Waals surface area contributed by atoms with Crippen molar-refractivity contribution in [2.75, 3.05) is 19.7 Å². The van der Waals surface area contributed by atoms with Gasteiger partial charge < -0.3 is 14.6 Å². The van der Waals surface area contributed by atoms with E-state index in [1.165, 1.54) is 0 Å². The topological polar surface area (TPSA) is 59.4 Å². The van der Waals surface area contributed by atoms with Crippen molar-refractivity contribution in [1.82, 2.24) is 19.8 Å². The number of nitrogens with zero attached hydrogens (tertiary/aromatic N) is 3. The third-order valence-corrected chi connectivity index (χ3v) is 5.06. The molecule has 3 atom stereocenters. The Bertz CT molecular complexity index is 729. The summed E-state index contributed by atoms with van der Waals surface area (Å²) in [7, 11) is 0. The summed E-state index contributed by atoms with van der Waals surface area (Å²) in [4.78, 5) is 19.1. The van der Waals surface area contributed by atoms with Crippen LogP contribution in [-0.2, 0) is 16.1 Å². The largest absolute Gasteiger partial charge is 0.376 e. The minimum absolute atomic E-state index is 0.117. The van der Waals surface area contributed by atoms with Crippen LogP contribution >= 0.6 is 0 Å². The number of carbonyl (C=O) groups excluding carboxylic acids is 1. The standard InChI is InChI=1S/C18H24N4O2/c1-13-9-22-10-14(8-15(22)11-24-13)20-18(23)6-7-21-12-19-16-4-2-3-5-17(16)21/h2-5,12-15H,6-11H2,1H3,(H,20,23)/t13-,14+,15+/m1/s1. The van der Waals surface area contributed by atoms with Crippen LogP contribution in [0.15, 0.2) is 30.6 Å². The van der Waals surface area contributed by atoms with E-state index in [0.717, 1.165) is 37.2 Å². The molecule has 1 aromatic heterocycles. The van der Waals surface area contributed by atoms with Gasteiger partial charge in [-0.15, -0.1) is 0 Å². The monoisotopic (exact) mass is 328 g/mol. The van der Waals surface area contributed by atoms with Crippen LogP contribution in [0.1, 0.15) is 19.8 Å². The van der Waals surface area contributed by atoms with Crippen molar-refractivity contribution in [2.45, 2.75) is 44.5 Å². The summed E-state index contributed by atoms with van der Waals surface area (Å²) in [5.74, 6) is 0.117. The number of para-hydroxylation sites is 2. The molecular formula is C18H24N4O2. The van der Waals surface area contributed by atoms with Crippen LogP contribution < -0.4 is 5.32 Å². The molecule has 2 aliphatic heterocycles. The molecule has 2 aromatic rings. The molecule has 24 heavy (non-hydrogen) atoms. The zero-order valence-corrected chi connectivity index (χ0v) is 14.0. The third-order valence-electron chi connectivity index (χ3n) is 5.06. The number of carbonyl (C=O) groups is 1. The van der Waals surface area contributed by atoms with E-state index >= 15 is 0 Å². The maximum atomic E-state index is 12.3. The fraction of sp³-hybridized carbons (Fsp3) is 0.556. The Hall–Kier alpha value is -1.92. The summed E-state index contributed by atoms with van der Waals surface area (Å²) in [6.07, 6.45) is 3.58. The molecule has 1 aromatic carbocycles. The van der Waals surface area contributed by atoms with E-state index < -0.39 is 0 Å². The number of aromatic nitrogens is 2. The molecule has 0 saturated carbocycles. The molecule has 0 radical (unpaired) electrons. The van der Waals surface area contributed by atoms with Gasteiger partial charge in [-0.25, -0.2) is 4.98 Å². The lowest BCUT2D eigenvalue weighted by Crippen LogP contribution is -2.45. The first-order valence-corrected chi connectivity index (χ1v) is 8.74. The summed E-state index contributed by atoms with van der Waals surface area (Å²) < 4.78 is 7.76. The van der Waals surface area contributed by atoms with Crippen LogP contribution in [0.5, 0.6) is 0 Å². The highest BCUT2D eigenvalue weighted by Gasteiger charge is 2.36. The van der Waals surface area contributed by atoms with E-state index in [1.54, 1.807) is 0 Å². The minimum Gasteiger partial charge on any atom is -0.376 e. The number of hydrogen-bond acceptors (Lipinski definition) is 4. The molecule has 3 heterocycles. The predicted molar refractivity (Wildman–Crippen MR) is 91.7 cm³/mol. The zero-order valence-electron chi connectivity index (χ0n) is 14.0. The van der Waals surface area contributed by atoms with Gasteiger partial charge in [0.2, 0.25) is 5.91 Å². The molecule has 6 heteroatoms. The van der Waals surface area contributed by atoms with E-state index in [9.17, 15) is 4.79 Å². The molecule has 4 rings (SSSR count). The molecular weight excluding hydrogens is 304 g/mol. The van der Waals surface area contributed by atoms with Crippen molar-refractivity contribution >= 4 is 16.9 Å². The van der Waals surface area contributed by atoms with Crippen molar-refractivity contribution in [3.63, 3.8) is 0 Å². The van der Waals surface area contributed by atoms with Crippen LogP contribution in [0.4, 0.5) is 0 Å². The van der Waals surface area contributed by atoms with Gasteiger partial charge >= 0.3 is 0 Å². The quantitative estimate of drug-likeness (QED) is 0.922. The Morgan fingerprint density at radius 1 is 1.38 bits per heavy atom. The van der Waals surface area contributed by atoms with Gasteiger partial charge in [0, 0.05) is 38.1 Å². The highest BCUT2D eigenvalue weighted by Crippen LogP contribution is 2.23. The summed E-state index contributed by atoms with van der Waals surface area (Å²) >= 11 is 0. The lowest BCUT2D eigenvalue weighted by atomic mass is 10.1. The number of morpholine rings is 1. The first kappa shape index (κ1) is 15.6. The number of ether oxygens (including phenoxy) is 1. The smallest absolute Gasteiger partial charge is 0.222 e. The van der Waals surface area contributed by atoms with E-state index in [0.29, 0.717) is 25.1 Å². The van der Waals surface area contributed by atoms with Crippen molar-refractivity contribution in [2.24, 2.45) is 0 Å². The number of hydrogen-bond donors (Lipinski definition) is 1. The minimum atomic E-state index is 0.117. The van der Waals surface area contributed by atoms with Gasteiger partial charge in [0.1, 0.15) is 0 Å². The molecule has 0 spiro atoms. The molecule has 0 unspecified atom stereocenters. The van der Waals surface area contributed by atoms with Crippen LogP contribution in [0.2, 0.25) is 0 Å². The molecule has 0 bridgehead atoms. The first-order chi connectivity index (χ1) is 11.7. The lowest BCUT2D eigenvalue weighted by Gasteiger charge is -2.33. The van der Waals surface area contributed by atoms with Crippen LogP contribution in [0, 0.1) is 0 Å². The normalized spacial score (nSPS) is 27.3. The molecule has 2 fully saturated rings. The van der Waals surface area contributed by atoms with Crippen molar-refractivity contribution in [1.29, 1.82) is 0 Å². The molecule has 6 nitrogen and oxygen atoms in total. The fourth-order valence-electron chi connectivity index (χ4n) is 3.85. The number of benzene rings is 1. The fourth-order valence-corrected chi connectivity index (χ4v) is 3.85. The van der Waals surface area contributed by atoms with Crippen LogP contribution in [0.3, 0.4) is 0 Å². The van der Waals surface area contributed by atoms with E-state index in [2.05, 4.69) is 22.1 Å². The number of aryl methyl sites for hydroxylation is 1. The first-order valence-electron chi connectivity index (χ1n) is 8.74. The number of imidazole rings is 1. The average Bonchev–Trinajstić information content (AvgIpc) is 3.16. The van der Waals surface area contributed by atoms with Gasteiger partial charge in [-0.1, -0.05) is 12.1 Å². The second-order valence-electron chi connectivity index (χ2n) is 6.93. The SMILES string of the molecule is C[C@@H]1CN2C[C@@H](NC(=O)CCn3cnc4ccccc43)C[C@H]2CO1. The van der Waals surface area contributed by atoms with Crippen molar-refractivity contribution in [3.8, 4) is 0 Å². The van der Waals surface area contributed by atoms with Crippen LogP contribution in [0.25, 0.3) is 11.0 Å². The van der Waals surface area contributed by atoms with Gasteiger partial charge in [0.25, 0.3) is 0 Å². The maximum absolute atomic E-state index is 12.3. The van der Waals surface area contributed by atoms with Crippen molar-refractivity contribution in [3.05, 3.63) is 30.6 Å². The summed E-state index contributed by atoms with van der Waals surface area (Å²) in [5.41, 5.74) is 2.05. The second-order valence-corrected chi connectivity index (χ2v) is 6.93. The summed E-state index contributed by atoms with van der Waals surface area (Å²) in [5, 5.41) is 3.19. The Morgan fingerprint density at radius 2 is 2.25 bits per heavy atom. The Morgan fingerprint density at radius 3 is 3.17 bits per heavy atom. The third kappa shape index (κ3) is 3.16. The average molecular weight is 328 g/mol. The van der Waals surface area contributed by atoms with Gasteiger partial charge in [0.05, 0.1) is 30.1 Å². The Kier molecular flexibility index (Phi) is 4.24. The Balaban J connectivity index is 1.30. The van der Waals surface area contributed by atoms with Gasteiger partial charge in [-0.05, 0) is 25.5 Å². The lowest BCUT2D eigenvalue weighted by molar-refractivity contribution is -0.121. The number of rotatable bonds is 4. The number of nitrogens with one attached hydrogen (secondary N) is 1. The number of amides is 1. The van der Waals surface area contributed by atoms with Gasteiger partial charge in [-0.3, -0.25) is 9.69 Å². The van der Waals surface area contributed by atoms with Gasteiger partial charge in [-0.2, -0.15) is 0 Å². The van der Waals surface area contributed by atoms with E-state index in [1.807, 2.05) is 35.2 Å². The summed E-state index contributed by atoms with van der Waals surface area (Å²) in [6, 6.07) is 8.71. The zero-order chi connectivity index (χ0) is 16.5. The molecule has 1 amide bonds. The second kappa shape index (κ2) is 6.53. The highest BCUT2D eigenvalue weighted by atomic mass is 16.5. The molecule has 2 saturated heterocycles. The van der Waals surface area contributed by atoms with Crippen LogP contribution in [-0.4, -0.2) is 58.2 Å². The van der Waals surface area contributed by atoms with Crippen molar-refractivity contribution < 1.29 is 9.53 Å². The number of fused-ring (bicyclic) bond motifs is 2. The predicted octanol–water partition coefficient (Wildman–Crippen LogP) is 1.40.